The van der Waals surface area contributed by atoms with Gasteiger partial charge in [0.15, 0.2) is 0 Å². The van der Waals surface area contributed by atoms with E-state index in [9.17, 15) is 8.42 Å². The predicted molar refractivity (Wildman–Crippen MR) is 107 cm³/mol. The fraction of sp³-hybridized carbons (Fsp3) is 0.714. The summed E-state index contributed by atoms with van der Waals surface area (Å²) in [4.78, 5) is 0.399. The van der Waals surface area contributed by atoms with E-state index in [1.54, 1.807) is 28.6 Å². The molecule has 0 aliphatic heterocycles. The molecular formula is C21H37NO2S. The zero-order valence-electron chi connectivity index (χ0n) is 16.4. The normalized spacial score (nSPS) is 12.2. The second-order valence-corrected chi connectivity index (χ2v) is 9.10. The first-order valence-electron chi connectivity index (χ1n) is 10.1. The van der Waals surface area contributed by atoms with Crippen molar-refractivity contribution in [1.82, 2.24) is 4.31 Å². The summed E-state index contributed by atoms with van der Waals surface area (Å²) in [7, 11) is -3.38. The number of sulfonamides is 1. The maximum atomic E-state index is 12.8. The Bertz CT molecular complexity index is 540. The first-order chi connectivity index (χ1) is 12.0. The lowest BCUT2D eigenvalue weighted by atomic mass is 10.1. The number of unbranched alkanes of at least 4 members (excludes halogenated alkanes) is 9. The largest absolute Gasteiger partial charge is 0.243 e. The van der Waals surface area contributed by atoms with Crippen molar-refractivity contribution in [3.63, 3.8) is 0 Å². The Morgan fingerprint density at radius 1 is 0.800 bits per heavy atom. The molecule has 1 rings (SSSR count). The molecule has 0 bridgehead atoms. The summed E-state index contributed by atoms with van der Waals surface area (Å²) < 4.78 is 27.2. The molecule has 1 aromatic carbocycles. The van der Waals surface area contributed by atoms with Gasteiger partial charge in [0.25, 0.3) is 0 Å². The van der Waals surface area contributed by atoms with Gasteiger partial charge in [-0.15, -0.1) is 0 Å². The number of rotatable bonds is 14. The smallest absolute Gasteiger partial charge is 0.207 e. The Labute approximate surface area is 155 Å². The molecule has 0 atom stereocenters. The third kappa shape index (κ3) is 8.37. The molecule has 0 radical (unpaired) electrons. The quantitative estimate of drug-likeness (QED) is 0.378. The molecule has 0 N–H and O–H groups in total. The van der Waals surface area contributed by atoms with Crippen molar-refractivity contribution in [2.24, 2.45) is 0 Å². The van der Waals surface area contributed by atoms with Gasteiger partial charge in [0, 0.05) is 12.6 Å². The standard InChI is InChI=1S/C21H37NO2S/c1-4-5-6-7-8-9-10-11-12-16-19-22(20(2)3)25(23,24)21-17-14-13-15-18-21/h13-15,17-18,20H,4-12,16,19H2,1-3H3. The highest BCUT2D eigenvalue weighted by molar-refractivity contribution is 7.89. The molecule has 0 aromatic heterocycles. The fourth-order valence-corrected chi connectivity index (χ4v) is 4.84. The maximum Gasteiger partial charge on any atom is 0.243 e. The Hall–Kier alpha value is -0.870. The lowest BCUT2D eigenvalue weighted by Gasteiger charge is -2.26. The van der Waals surface area contributed by atoms with Gasteiger partial charge in [-0.25, -0.2) is 8.42 Å². The average molecular weight is 368 g/mol. The number of hydrogen-bond donors (Lipinski definition) is 0. The molecule has 3 nitrogen and oxygen atoms in total. The van der Waals surface area contributed by atoms with E-state index in [2.05, 4.69) is 6.92 Å². The highest BCUT2D eigenvalue weighted by atomic mass is 32.2. The van der Waals surface area contributed by atoms with Crippen LogP contribution in [-0.4, -0.2) is 25.3 Å². The molecule has 4 heteroatoms. The maximum absolute atomic E-state index is 12.8. The van der Waals surface area contributed by atoms with Crippen LogP contribution in [-0.2, 0) is 10.0 Å². The van der Waals surface area contributed by atoms with Gasteiger partial charge in [-0.1, -0.05) is 82.9 Å². The summed E-state index contributed by atoms with van der Waals surface area (Å²) in [5.74, 6) is 0. The van der Waals surface area contributed by atoms with Crippen LogP contribution in [0.25, 0.3) is 0 Å². The van der Waals surface area contributed by atoms with Crippen molar-refractivity contribution in [3.8, 4) is 0 Å². The van der Waals surface area contributed by atoms with Gasteiger partial charge in [0.2, 0.25) is 10.0 Å². The average Bonchev–Trinajstić information content (AvgIpc) is 2.60. The van der Waals surface area contributed by atoms with E-state index >= 15 is 0 Å². The first-order valence-corrected chi connectivity index (χ1v) is 11.5. The summed E-state index contributed by atoms with van der Waals surface area (Å²) in [5.41, 5.74) is 0. The minimum absolute atomic E-state index is 0.0104. The number of hydrogen-bond acceptors (Lipinski definition) is 2. The summed E-state index contributed by atoms with van der Waals surface area (Å²) >= 11 is 0. The van der Waals surface area contributed by atoms with Crippen LogP contribution < -0.4 is 0 Å². The van der Waals surface area contributed by atoms with Crippen molar-refractivity contribution in [1.29, 1.82) is 0 Å². The van der Waals surface area contributed by atoms with Crippen LogP contribution in [0.4, 0.5) is 0 Å². The van der Waals surface area contributed by atoms with Gasteiger partial charge in [-0.3, -0.25) is 0 Å². The highest BCUT2D eigenvalue weighted by Crippen LogP contribution is 2.19. The monoisotopic (exact) mass is 367 g/mol. The molecule has 0 amide bonds. The summed E-state index contributed by atoms with van der Waals surface area (Å²) in [5, 5.41) is 0. The van der Waals surface area contributed by atoms with E-state index in [0.29, 0.717) is 11.4 Å². The van der Waals surface area contributed by atoms with Gasteiger partial charge in [0.05, 0.1) is 4.90 Å². The van der Waals surface area contributed by atoms with Crippen molar-refractivity contribution in [3.05, 3.63) is 30.3 Å². The van der Waals surface area contributed by atoms with Crippen molar-refractivity contribution >= 4 is 10.0 Å². The third-order valence-corrected chi connectivity index (χ3v) is 6.75. The first kappa shape index (κ1) is 22.2. The van der Waals surface area contributed by atoms with Gasteiger partial charge in [-0.2, -0.15) is 4.31 Å². The molecule has 144 valence electrons. The second kappa shape index (κ2) is 12.5. The van der Waals surface area contributed by atoms with E-state index in [1.165, 1.54) is 51.4 Å². The predicted octanol–water partition coefficient (Wildman–Crippen LogP) is 6.01. The Balaban J connectivity index is 2.31. The number of benzene rings is 1. The van der Waals surface area contributed by atoms with Crippen LogP contribution in [0.5, 0.6) is 0 Å². The van der Waals surface area contributed by atoms with Crippen molar-refractivity contribution in [2.75, 3.05) is 6.54 Å². The summed E-state index contributed by atoms with van der Waals surface area (Å²) in [6, 6.07) is 8.77. The number of nitrogens with zero attached hydrogens (tertiary/aromatic N) is 1. The van der Waals surface area contributed by atoms with Gasteiger partial charge in [-0.05, 0) is 32.4 Å². The molecule has 0 saturated carbocycles. The Morgan fingerprint density at radius 3 is 1.76 bits per heavy atom. The van der Waals surface area contributed by atoms with Crippen LogP contribution >= 0.6 is 0 Å². The fourth-order valence-electron chi connectivity index (χ4n) is 3.14. The molecule has 0 saturated heterocycles. The van der Waals surface area contributed by atoms with Crippen LogP contribution in [0.3, 0.4) is 0 Å². The topological polar surface area (TPSA) is 37.4 Å². The lowest BCUT2D eigenvalue weighted by molar-refractivity contribution is 0.343. The molecule has 0 spiro atoms. The molecule has 0 unspecified atom stereocenters. The Kier molecular flexibility index (Phi) is 11.1. The zero-order chi connectivity index (χ0) is 18.5. The van der Waals surface area contributed by atoms with Crippen LogP contribution in [0.2, 0.25) is 0 Å². The molecule has 25 heavy (non-hydrogen) atoms. The SMILES string of the molecule is CCCCCCCCCCCCN(C(C)C)S(=O)(=O)c1ccccc1. The Morgan fingerprint density at radius 2 is 1.28 bits per heavy atom. The van der Waals surface area contributed by atoms with Crippen molar-refractivity contribution < 1.29 is 8.42 Å². The van der Waals surface area contributed by atoms with Gasteiger partial charge >= 0.3 is 0 Å². The second-order valence-electron chi connectivity index (χ2n) is 7.20. The zero-order valence-corrected chi connectivity index (χ0v) is 17.2. The van der Waals surface area contributed by atoms with E-state index in [1.807, 2.05) is 19.9 Å². The molecule has 0 fully saturated rings. The molecular weight excluding hydrogens is 330 g/mol. The van der Waals surface area contributed by atoms with Crippen molar-refractivity contribution in [2.45, 2.75) is 95.9 Å². The van der Waals surface area contributed by atoms with Crippen LogP contribution in [0.1, 0.15) is 85.0 Å². The van der Waals surface area contributed by atoms with E-state index < -0.39 is 10.0 Å². The van der Waals surface area contributed by atoms with E-state index in [-0.39, 0.29) is 6.04 Å². The third-order valence-electron chi connectivity index (χ3n) is 4.66. The lowest BCUT2D eigenvalue weighted by Crippen LogP contribution is -2.37. The summed E-state index contributed by atoms with van der Waals surface area (Å²) in [6.45, 7) is 6.78. The van der Waals surface area contributed by atoms with Crippen LogP contribution in [0, 0.1) is 0 Å². The van der Waals surface area contributed by atoms with Gasteiger partial charge < -0.3 is 0 Å². The van der Waals surface area contributed by atoms with Gasteiger partial charge in [0.1, 0.15) is 0 Å². The molecule has 1 aromatic rings. The molecule has 0 aliphatic carbocycles. The molecule has 0 heterocycles. The summed E-state index contributed by atoms with van der Waals surface area (Å²) in [6.07, 6.45) is 12.6. The molecule has 0 aliphatic rings. The minimum atomic E-state index is -3.38. The minimum Gasteiger partial charge on any atom is -0.207 e. The van der Waals surface area contributed by atoms with Crippen LogP contribution in [0.15, 0.2) is 35.2 Å². The highest BCUT2D eigenvalue weighted by Gasteiger charge is 2.26. The van der Waals surface area contributed by atoms with E-state index in [0.717, 1.165) is 12.8 Å². The van der Waals surface area contributed by atoms with E-state index in [4.69, 9.17) is 0 Å².